The molecule has 0 bridgehead atoms. The summed E-state index contributed by atoms with van der Waals surface area (Å²) in [5, 5.41) is 5.49. The van der Waals surface area contributed by atoms with Crippen LogP contribution in [0, 0.1) is 0 Å². The summed E-state index contributed by atoms with van der Waals surface area (Å²) in [6.07, 6.45) is 0. The number of rotatable bonds is 6. The zero-order valence-electron chi connectivity index (χ0n) is 15.8. The summed E-state index contributed by atoms with van der Waals surface area (Å²) in [6, 6.07) is 15.9. The van der Waals surface area contributed by atoms with Gasteiger partial charge in [-0.25, -0.2) is 4.98 Å². The standard InChI is InChI=1S/C21H16ClN3O3S2/c1-28-14-8-6-13(7-9-14)23-18(26)12-30-21-24-16-10-11-29-19(16)20(27)25(21)17-5-3-2-4-15(17)22/h2-11H,12H2,1H3,(H,23,26). The van der Waals surface area contributed by atoms with Crippen molar-refractivity contribution in [1.82, 2.24) is 9.55 Å². The number of fused-ring (bicyclic) bond motifs is 1. The van der Waals surface area contributed by atoms with Crippen molar-refractivity contribution in [3.63, 3.8) is 0 Å². The normalized spacial score (nSPS) is 10.9. The first-order valence-electron chi connectivity index (χ1n) is 8.88. The first kappa shape index (κ1) is 20.5. The van der Waals surface area contributed by atoms with Crippen LogP contribution in [-0.2, 0) is 4.79 Å². The van der Waals surface area contributed by atoms with Crippen LogP contribution < -0.4 is 15.6 Å². The highest BCUT2D eigenvalue weighted by Gasteiger charge is 2.17. The SMILES string of the molecule is COc1ccc(NC(=O)CSc2nc3ccsc3c(=O)n2-c2ccccc2Cl)cc1. The molecule has 0 unspecified atom stereocenters. The van der Waals surface area contributed by atoms with E-state index in [1.54, 1.807) is 61.7 Å². The molecule has 9 heteroatoms. The zero-order valence-corrected chi connectivity index (χ0v) is 18.2. The third-order valence-corrected chi connectivity index (χ3v) is 6.40. The average Bonchev–Trinajstić information content (AvgIpc) is 3.23. The smallest absolute Gasteiger partial charge is 0.276 e. The number of hydrogen-bond acceptors (Lipinski definition) is 6. The van der Waals surface area contributed by atoms with Gasteiger partial charge in [0.25, 0.3) is 5.56 Å². The Kier molecular flexibility index (Phi) is 6.08. The van der Waals surface area contributed by atoms with E-state index in [4.69, 9.17) is 16.3 Å². The Morgan fingerprint density at radius 3 is 2.70 bits per heavy atom. The second-order valence-corrected chi connectivity index (χ2v) is 8.45. The van der Waals surface area contributed by atoms with Gasteiger partial charge in [-0.2, -0.15) is 0 Å². The quantitative estimate of drug-likeness (QED) is 0.331. The van der Waals surface area contributed by atoms with Gasteiger partial charge in [0.15, 0.2) is 5.16 Å². The molecule has 0 atom stereocenters. The number of ether oxygens (including phenoxy) is 1. The predicted molar refractivity (Wildman–Crippen MR) is 123 cm³/mol. The van der Waals surface area contributed by atoms with Crippen molar-refractivity contribution in [2.75, 3.05) is 18.2 Å². The molecular weight excluding hydrogens is 442 g/mol. The van der Waals surface area contributed by atoms with Crippen molar-refractivity contribution in [3.8, 4) is 11.4 Å². The fraction of sp³-hybridized carbons (Fsp3) is 0.0952. The Bertz CT molecular complexity index is 1270. The van der Waals surface area contributed by atoms with Gasteiger partial charge in [-0.1, -0.05) is 35.5 Å². The van der Waals surface area contributed by atoms with E-state index >= 15 is 0 Å². The lowest BCUT2D eigenvalue weighted by Gasteiger charge is -2.13. The predicted octanol–water partition coefficient (Wildman–Crippen LogP) is 4.84. The van der Waals surface area contributed by atoms with Crippen LogP contribution in [0.5, 0.6) is 5.75 Å². The fourth-order valence-electron chi connectivity index (χ4n) is 2.84. The van der Waals surface area contributed by atoms with Gasteiger partial charge in [0, 0.05) is 5.69 Å². The van der Waals surface area contributed by atoms with Crippen molar-refractivity contribution >= 4 is 56.5 Å². The number of halogens is 1. The van der Waals surface area contributed by atoms with E-state index in [1.165, 1.54) is 27.7 Å². The maximum Gasteiger partial charge on any atom is 0.276 e. The Labute approximate surface area is 185 Å². The van der Waals surface area contributed by atoms with Crippen LogP contribution in [0.25, 0.3) is 15.9 Å². The summed E-state index contributed by atoms with van der Waals surface area (Å²) in [6.45, 7) is 0. The summed E-state index contributed by atoms with van der Waals surface area (Å²) in [7, 11) is 1.58. The molecule has 0 fully saturated rings. The zero-order chi connectivity index (χ0) is 21.1. The Hall–Kier alpha value is -2.81. The molecule has 1 amide bonds. The molecule has 0 radical (unpaired) electrons. The number of methoxy groups -OCH3 is 1. The van der Waals surface area contributed by atoms with Crippen LogP contribution >= 0.6 is 34.7 Å². The molecule has 0 aliphatic heterocycles. The number of benzene rings is 2. The van der Waals surface area contributed by atoms with E-state index in [1.807, 2.05) is 5.38 Å². The van der Waals surface area contributed by atoms with Crippen LogP contribution in [0.3, 0.4) is 0 Å². The fourth-order valence-corrected chi connectivity index (χ4v) is 4.62. The molecule has 30 heavy (non-hydrogen) atoms. The van der Waals surface area contributed by atoms with E-state index in [9.17, 15) is 9.59 Å². The summed E-state index contributed by atoms with van der Waals surface area (Å²) >= 11 is 8.85. The Morgan fingerprint density at radius 1 is 1.20 bits per heavy atom. The number of anilines is 1. The Balaban J connectivity index is 1.61. The van der Waals surface area contributed by atoms with Crippen molar-refractivity contribution in [2.45, 2.75) is 5.16 Å². The minimum atomic E-state index is -0.212. The molecule has 2 heterocycles. The highest BCUT2D eigenvalue weighted by molar-refractivity contribution is 7.99. The Morgan fingerprint density at radius 2 is 1.97 bits per heavy atom. The average molecular weight is 458 g/mol. The van der Waals surface area contributed by atoms with Gasteiger partial charge in [0.2, 0.25) is 5.91 Å². The van der Waals surface area contributed by atoms with Gasteiger partial charge in [0.1, 0.15) is 10.4 Å². The molecule has 0 saturated carbocycles. The van der Waals surface area contributed by atoms with Crippen LogP contribution in [0.1, 0.15) is 0 Å². The molecular formula is C21H16ClN3O3S2. The number of nitrogens with zero attached hydrogens (tertiary/aromatic N) is 2. The van der Waals surface area contributed by atoms with Crippen molar-refractivity contribution in [1.29, 1.82) is 0 Å². The number of hydrogen-bond donors (Lipinski definition) is 1. The van der Waals surface area contributed by atoms with E-state index in [2.05, 4.69) is 10.3 Å². The molecule has 152 valence electrons. The van der Waals surface area contributed by atoms with Gasteiger partial charge in [-0.05, 0) is 47.8 Å². The van der Waals surface area contributed by atoms with Crippen molar-refractivity contribution < 1.29 is 9.53 Å². The largest absolute Gasteiger partial charge is 0.497 e. The minimum absolute atomic E-state index is 0.0819. The van der Waals surface area contributed by atoms with Gasteiger partial charge in [-0.15, -0.1) is 11.3 Å². The minimum Gasteiger partial charge on any atom is -0.497 e. The number of carbonyl (C=O) groups excluding carboxylic acids is 1. The molecule has 2 aromatic carbocycles. The summed E-state index contributed by atoms with van der Waals surface area (Å²) in [4.78, 5) is 30.2. The molecule has 0 spiro atoms. The number of nitrogens with one attached hydrogen (secondary N) is 1. The lowest BCUT2D eigenvalue weighted by atomic mass is 10.3. The molecule has 4 rings (SSSR count). The van der Waals surface area contributed by atoms with E-state index in [0.717, 1.165) is 0 Å². The maximum absolute atomic E-state index is 13.1. The molecule has 4 aromatic rings. The van der Waals surface area contributed by atoms with E-state index in [-0.39, 0.29) is 17.2 Å². The van der Waals surface area contributed by atoms with Crippen LogP contribution in [-0.4, -0.2) is 28.3 Å². The molecule has 2 aromatic heterocycles. The van der Waals surface area contributed by atoms with Gasteiger partial charge >= 0.3 is 0 Å². The van der Waals surface area contributed by atoms with E-state index in [0.29, 0.717) is 37.5 Å². The topological polar surface area (TPSA) is 73.2 Å². The number of amides is 1. The first-order valence-corrected chi connectivity index (χ1v) is 11.1. The first-order chi connectivity index (χ1) is 14.6. The second-order valence-electron chi connectivity index (χ2n) is 6.19. The third-order valence-electron chi connectivity index (χ3n) is 4.25. The number of aromatic nitrogens is 2. The molecule has 1 N–H and O–H groups in total. The summed E-state index contributed by atoms with van der Waals surface area (Å²) in [5.41, 5.74) is 1.59. The van der Waals surface area contributed by atoms with Gasteiger partial charge in [-0.3, -0.25) is 14.2 Å². The van der Waals surface area contributed by atoms with Crippen molar-refractivity contribution in [3.05, 3.63) is 75.4 Å². The summed E-state index contributed by atoms with van der Waals surface area (Å²) < 4.78 is 7.12. The summed E-state index contributed by atoms with van der Waals surface area (Å²) in [5.74, 6) is 0.577. The van der Waals surface area contributed by atoms with Gasteiger partial charge < -0.3 is 10.1 Å². The monoisotopic (exact) mass is 457 g/mol. The van der Waals surface area contributed by atoms with E-state index < -0.39 is 0 Å². The lowest BCUT2D eigenvalue weighted by molar-refractivity contribution is -0.113. The molecule has 0 saturated heterocycles. The van der Waals surface area contributed by atoms with Crippen LogP contribution in [0.2, 0.25) is 5.02 Å². The molecule has 0 aliphatic rings. The number of carbonyl (C=O) groups is 1. The number of para-hydroxylation sites is 1. The van der Waals surface area contributed by atoms with Crippen molar-refractivity contribution in [2.24, 2.45) is 0 Å². The van der Waals surface area contributed by atoms with Gasteiger partial charge in [0.05, 0.1) is 29.1 Å². The second kappa shape index (κ2) is 8.91. The molecule has 0 aliphatic carbocycles. The molecule has 6 nitrogen and oxygen atoms in total. The maximum atomic E-state index is 13.1. The highest BCUT2D eigenvalue weighted by atomic mass is 35.5. The lowest BCUT2D eigenvalue weighted by Crippen LogP contribution is -2.22. The van der Waals surface area contributed by atoms with Crippen LogP contribution in [0.4, 0.5) is 5.69 Å². The number of thiophene rings is 1. The highest BCUT2D eigenvalue weighted by Crippen LogP contribution is 2.27. The van der Waals surface area contributed by atoms with Crippen LogP contribution in [0.15, 0.2) is 69.9 Å². The number of thioether (sulfide) groups is 1. The third kappa shape index (κ3) is 4.21.